The van der Waals surface area contributed by atoms with Gasteiger partial charge in [-0.05, 0) is 73.2 Å². The third-order valence-corrected chi connectivity index (χ3v) is 3.97. The molecular weight excluding hydrogens is 474 g/mol. The van der Waals surface area contributed by atoms with Gasteiger partial charge >= 0.3 is 6.18 Å². The smallest absolute Gasteiger partial charge is 0.417 e. The summed E-state index contributed by atoms with van der Waals surface area (Å²) in [5.41, 5.74) is 2.54. The molecule has 27 heavy (non-hydrogen) atoms. The van der Waals surface area contributed by atoms with Gasteiger partial charge in [-0.15, -0.1) is 0 Å². The Bertz CT molecular complexity index is 794. The number of hydrogen-bond acceptors (Lipinski definition) is 5. The summed E-state index contributed by atoms with van der Waals surface area (Å²) in [7, 11) is 0. The summed E-state index contributed by atoms with van der Waals surface area (Å²) in [5.74, 6) is 1.48. The lowest BCUT2D eigenvalue weighted by Gasteiger charge is -2.16. The molecule has 1 heterocycles. The topological polar surface area (TPSA) is 55.7 Å². The molecule has 0 saturated heterocycles. The molecule has 9 heteroatoms. The zero-order valence-corrected chi connectivity index (χ0v) is 17.1. The van der Waals surface area contributed by atoms with E-state index in [1.165, 1.54) is 12.3 Å². The molecule has 0 unspecified atom stereocenters. The predicted molar refractivity (Wildman–Crippen MR) is 107 cm³/mol. The van der Waals surface area contributed by atoms with Crippen LogP contribution >= 0.6 is 22.6 Å². The average molecular weight is 493 g/mol. The monoisotopic (exact) mass is 493 g/mol. The largest absolute Gasteiger partial charge is 0.490 e. The molecule has 0 fully saturated rings. The number of benzene rings is 1. The van der Waals surface area contributed by atoms with Gasteiger partial charge < -0.3 is 9.47 Å². The molecule has 0 bridgehead atoms. The Kier molecular flexibility index (Phi) is 7.28. The van der Waals surface area contributed by atoms with Gasteiger partial charge in [0.2, 0.25) is 0 Å². The van der Waals surface area contributed by atoms with Gasteiger partial charge in [-0.25, -0.2) is 4.98 Å². The number of aromatic nitrogens is 1. The fourth-order valence-corrected chi connectivity index (χ4v) is 2.83. The van der Waals surface area contributed by atoms with Crippen molar-refractivity contribution in [1.29, 1.82) is 0 Å². The minimum Gasteiger partial charge on any atom is -0.490 e. The lowest BCUT2D eigenvalue weighted by atomic mass is 10.2. The Morgan fingerprint density at radius 1 is 1.30 bits per heavy atom. The van der Waals surface area contributed by atoms with Crippen molar-refractivity contribution in [1.82, 2.24) is 4.98 Å². The predicted octanol–water partition coefficient (Wildman–Crippen LogP) is 5.34. The van der Waals surface area contributed by atoms with Gasteiger partial charge in [0.25, 0.3) is 0 Å². The van der Waals surface area contributed by atoms with Crippen LogP contribution in [0.4, 0.5) is 19.0 Å². The van der Waals surface area contributed by atoms with Gasteiger partial charge in [0, 0.05) is 6.20 Å². The van der Waals surface area contributed by atoms with Gasteiger partial charge in [0.1, 0.15) is 5.82 Å². The minimum atomic E-state index is -4.42. The van der Waals surface area contributed by atoms with Gasteiger partial charge in [0.05, 0.1) is 28.1 Å². The fraction of sp³-hybridized carbons (Fsp3) is 0.333. The van der Waals surface area contributed by atoms with Gasteiger partial charge in [-0.2, -0.15) is 18.3 Å². The zero-order valence-electron chi connectivity index (χ0n) is 15.0. The molecule has 1 aromatic carbocycles. The molecule has 5 nitrogen and oxygen atoms in total. The molecule has 0 aliphatic rings. The van der Waals surface area contributed by atoms with Gasteiger partial charge in [-0.3, -0.25) is 5.43 Å². The average Bonchev–Trinajstić information content (AvgIpc) is 2.58. The van der Waals surface area contributed by atoms with Crippen molar-refractivity contribution in [3.05, 3.63) is 45.2 Å². The van der Waals surface area contributed by atoms with Crippen LogP contribution in [0.15, 0.2) is 35.6 Å². The Labute approximate surface area is 169 Å². The second-order valence-electron chi connectivity index (χ2n) is 5.73. The molecule has 2 aromatic rings. The molecule has 0 atom stereocenters. The highest BCUT2D eigenvalue weighted by atomic mass is 127. The Hall–Kier alpha value is -2.04. The van der Waals surface area contributed by atoms with E-state index >= 15 is 0 Å². The van der Waals surface area contributed by atoms with E-state index in [1.807, 2.05) is 26.8 Å². The Morgan fingerprint density at radius 3 is 2.59 bits per heavy atom. The van der Waals surface area contributed by atoms with Crippen molar-refractivity contribution < 1.29 is 22.6 Å². The number of hydrogen-bond donors (Lipinski definition) is 1. The van der Waals surface area contributed by atoms with E-state index < -0.39 is 11.7 Å². The molecule has 146 valence electrons. The lowest BCUT2D eigenvalue weighted by Crippen LogP contribution is -2.09. The SMILES string of the molecule is CCOc1cc(/C=N\Nc2ccc(C(F)(F)F)cn2)cc(I)c1OC(C)C. The molecule has 2 rings (SSSR count). The van der Waals surface area contributed by atoms with Crippen LogP contribution in [0.3, 0.4) is 0 Å². The van der Waals surface area contributed by atoms with Crippen LogP contribution in [0.25, 0.3) is 0 Å². The number of nitrogens with zero attached hydrogens (tertiary/aromatic N) is 2. The van der Waals surface area contributed by atoms with Crippen molar-refractivity contribution >= 4 is 34.6 Å². The third kappa shape index (κ3) is 6.26. The van der Waals surface area contributed by atoms with Crippen LogP contribution in [-0.4, -0.2) is 23.9 Å². The second-order valence-corrected chi connectivity index (χ2v) is 6.89. The van der Waals surface area contributed by atoms with E-state index in [0.29, 0.717) is 18.1 Å². The Balaban J connectivity index is 2.14. The van der Waals surface area contributed by atoms with Crippen molar-refractivity contribution in [2.45, 2.75) is 33.1 Å². The van der Waals surface area contributed by atoms with E-state index in [-0.39, 0.29) is 11.9 Å². The summed E-state index contributed by atoms with van der Waals surface area (Å²) in [6, 6.07) is 5.81. The molecule has 1 aromatic heterocycles. The maximum absolute atomic E-state index is 12.5. The molecule has 0 amide bonds. The number of nitrogens with one attached hydrogen (secondary N) is 1. The Morgan fingerprint density at radius 2 is 2.04 bits per heavy atom. The summed E-state index contributed by atoms with van der Waals surface area (Å²) in [5, 5.41) is 4.02. The molecule has 0 aliphatic carbocycles. The molecule has 0 aliphatic heterocycles. The molecule has 0 radical (unpaired) electrons. The van der Waals surface area contributed by atoms with Crippen molar-refractivity contribution in [3.8, 4) is 11.5 Å². The van der Waals surface area contributed by atoms with E-state index in [1.54, 1.807) is 6.07 Å². The third-order valence-electron chi connectivity index (χ3n) is 3.17. The summed E-state index contributed by atoms with van der Waals surface area (Å²) in [6.45, 7) is 6.23. The molecule has 1 N–H and O–H groups in total. The highest BCUT2D eigenvalue weighted by Gasteiger charge is 2.30. The van der Waals surface area contributed by atoms with E-state index in [2.05, 4.69) is 38.1 Å². The van der Waals surface area contributed by atoms with Gasteiger partial charge in [0.15, 0.2) is 11.5 Å². The normalized spacial score (nSPS) is 11.9. The summed E-state index contributed by atoms with van der Waals surface area (Å²) in [4.78, 5) is 3.70. The maximum Gasteiger partial charge on any atom is 0.417 e. The van der Waals surface area contributed by atoms with E-state index in [9.17, 15) is 13.2 Å². The second kappa shape index (κ2) is 9.25. The highest BCUT2D eigenvalue weighted by Crippen LogP contribution is 2.34. The number of ether oxygens (including phenoxy) is 2. The summed E-state index contributed by atoms with van der Waals surface area (Å²) >= 11 is 2.15. The standard InChI is InChI=1S/C18H19F3IN3O2/c1-4-26-15-8-12(7-14(22)17(15)27-11(2)3)9-24-25-16-6-5-13(10-23-16)18(19,20)21/h5-11H,4H2,1-3H3,(H,23,25)/b24-9-. The number of pyridine rings is 1. The summed E-state index contributed by atoms with van der Waals surface area (Å²) < 4.78 is 49.9. The van der Waals surface area contributed by atoms with Crippen molar-refractivity contribution in [2.75, 3.05) is 12.0 Å². The number of rotatable bonds is 7. The first-order chi connectivity index (χ1) is 12.7. The fourth-order valence-electron chi connectivity index (χ4n) is 2.08. The van der Waals surface area contributed by atoms with Crippen LogP contribution in [0, 0.1) is 3.57 Å². The quantitative estimate of drug-likeness (QED) is 0.322. The molecule has 0 saturated carbocycles. The number of alkyl halides is 3. The van der Waals surface area contributed by atoms with E-state index in [0.717, 1.165) is 21.4 Å². The van der Waals surface area contributed by atoms with Crippen LogP contribution in [0.2, 0.25) is 0 Å². The molecule has 0 spiro atoms. The first-order valence-corrected chi connectivity index (χ1v) is 9.24. The van der Waals surface area contributed by atoms with Crippen molar-refractivity contribution in [2.24, 2.45) is 5.10 Å². The maximum atomic E-state index is 12.5. The van der Waals surface area contributed by atoms with Crippen LogP contribution in [0.5, 0.6) is 11.5 Å². The lowest BCUT2D eigenvalue weighted by molar-refractivity contribution is -0.137. The molecular formula is C18H19F3IN3O2. The van der Waals surface area contributed by atoms with Crippen LogP contribution in [-0.2, 0) is 6.18 Å². The van der Waals surface area contributed by atoms with Crippen molar-refractivity contribution in [3.63, 3.8) is 0 Å². The number of hydrazone groups is 1. The first-order valence-electron chi connectivity index (χ1n) is 8.16. The van der Waals surface area contributed by atoms with Gasteiger partial charge in [-0.1, -0.05) is 0 Å². The van der Waals surface area contributed by atoms with Crippen LogP contribution in [0.1, 0.15) is 31.9 Å². The minimum absolute atomic E-state index is 0.00431. The number of halogens is 4. The first kappa shape index (κ1) is 21.3. The highest BCUT2D eigenvalue weighted by molar-refractivity contribution is 14.1. The van der Waals surface area contributed by atoms with E-state index in [4.69, 9.17) is 9.47 Å². The number of anilines is 1. The summed E-state index contributed by atoms with van der Waals surface area (Å²) in [6.07, 6.45) is -2.12. The van der Waals surface area contributed by atoms with Crippen LogP contribution < -0.4 is 14.9 Å². The zero-order chi connectivity index (χ0) is 20.0.